The van der Waals surface area contributed by atoms with Crippen molar-refractivity contribution >= 4 is 0 Å². The minimum Gasteiger partial charge on any atom is -0.445 e. The van der Waals surface area contributed by atoms with Gasteiger partial charge in [-0.25, -0.2) is 4.98 Å². The fourth-order valence-corrected chi connectivity index (χ4v) is 3.46. The first kappa shape index (κ1) is 17.1. The van der Waals surface area contributed by atoms with Gasteiger partial charge in [0, 0.05) is 19.1 Å². The van der Waals surface area contributed by atoms with Crippen LogP contribution in [0.1, 0.15) is 30.6 Å². The predicted molar refractivity (Wildman–Crippen MR) is 93.6 cm³/mol. The Balaban J connectivity index is 1.55. The van der Waals surface area contributed by atoms with Crippen LogP contribution in [-0.2, 0) is 12.1 Å². The average molecular weight is 329 g/mol. The van der Waals surface area contributed by atoms with E-state index < -0.39 is 5.60 Å². The van der Waals surface area contributed by atoms with Gasteiger partial charge in [0.1, 0.15) is 5.76 Å². The van der Waals surface area contributed by atoms with E-state index in [1.165, 1.54) is 0 Å². The molecule has 0 spiro atoms. The van der Waals surface area contributed by atoms with Crippen molar-refractivity contribution in [2.24, 2.45) is 0 Å². The first-order valence-electron chi connectivity index (χ1n) is 8.56. The minimum atomic E-state index is -0.825. The predicted octanol–water partition coefficient (Wildman–Crippen LogP) is 2.40. The van der Waals surface area contributed by atoms with Crippen LogP contribution in [-0.4, -0.2) is 52.6 Å². The van der Waals surface area contributed by atoms with E-state index in [0.29, 0.717) is 12.6 Å². The Morgan fingerprint density at radius 1 is 1.38 bits per heavy atom. The zero-order valence-electron chi connectivity index (χ0n) is 14.8. The Kier molecular flexibility index (Phi) is 5.04. The lowest BCUT2D eigenvalue weighted by Gasteiger charge is -2.30. The first-order chi connectivity index (χ1) is 11.4. The average Bonchev–Trinajstić information content (AvgIpc) is 3.17. The van der Waals surface area contributed by atoms with Crippen molar-refractivity contribution in [2.45, 2.75) is 38.5 Å². The maximum Gasteiger partial charge on any atom is 0.208 e. The molecule has 0 radical (unpaired) electrons. The quantitative estimate of drug-likeness (QED) is 0.882. The van der Waals surface area contributed by atoms with Crippen molar-refractivity contribution in [3.8, 4) is 0 Å². The second kappa shape index (κ2) is 7.05. The summed E-state index contributed by atoms with van der Waals surface area (Å²) in [4.78, 5) is 8.92. The molecule has 0 saturated carbocycles. The number of rotatable bonds is 6. The van der Waals surface area contributed by atoms with Gasteiger partial charge in [0.25, 0.3) is 0 Å². The number of nitrogens with zero attached hydrogens (tertiary/aromatic N) is 3. The molecule has 1 aliphatic rings. The maximum absolute atomic E-state index is 10.8. The third-order valence-corrected chi connectivity index (χ3v) is 4.85. The van der Waals surface area contributed by atoms with Crippen molar-refractivity contribution in [3.05, 3.63) is 53.7 Å². The monoisotopic (exact) mass is 329 g/mol. The number of oxazole rings is 1. The number of aliphatic hydroxyl groups is 1. The molecule has 1 N–H and O–H groups in total. The summed E-state index contributed by atoms with van der Waals surface area (Å²) < 4.78 is 5.57. The van der Waals surface area contributed by atoms with Gasteiger partial charge in [-0.1, -0.05) is 30.3 Å². The van der Waals surface area contributed by atoms with Crippen LogP contribution in [0.3, 0.4) is 0 Å². The van der Waals surface area contributed by atoms with Gasteiger partial charge in [-0.05, 0) is 39.4 Å². The maximum atomic E-state index is 10.8. The van der Waals surface area contributed by atoms with Crippen LogP contribution >= 0.6 is 0 Å². The van der Waals surface area contributed by atoms with E-state index in [4.69, 9.17) is 4.42 Å². The fraction of sp³-hybridized carbons (Fsp3) is 0.526. The van der Waals surface area contributed by atoms with Crippen molar-refractivity contribution < 1.29 is 9.52 Å². The smallest absolute Gasteiger partial charge is 0.208 e. The summed E-state index contributed by atoms with van der Waals surface area (Å²) in [7, 11) is 2.11. The summed E-state index contributed by atoms with van der Waals surface area (Å²) in [5.41, 5.74) is 0.145. The molecule has 24 heavy (non-hydrogen) atoms. The molecule has 1 saturated heterocycles. The van der Waals surface area contributed by atoms with E-state index in [-0.39, 0.29) is 0 Å². The standard InChI is InChI=1S/C19H27N3O2/c1-15-11-20-18(24-15)13-21(3)17-9-10-22(12-17)14-19(2,23)16-7-5-4-6-8-16/h4-8,11,17,23H,9-10,12-14H2,1-3H3. The molecule has 1 aliphatic heterocycles. The summed E-state index contributed by atoms with van der Waals surface area (Å²) in [5, 5.41) is 10.8. The summed E-state index contributed by atoms with van der Waals surface area (Å²) in [6.45, 7) is 7.15. The van der Waals surface area contributed by atoms with Crippen LogP contribution in [0.15, 0.2) is 40.9 Å². The molecular weight excluding hydrogens is 302 g/mol. The lowest BCUT2D eigenvalue weighted by molar-refractivity contribution is 0.0207. The summed E-state index contributed by atoms with van der Waals surface area (Å²) in [6, 6.07) is 10.4. The van der Waals surface area contributed by atoms with E-state index in [2.05, 4.69) is 21.8 Å². The molecule has 0 amide bonds. The number of likely N-dealkylation sites (N-methyl/N-ethyl adjacent to an activating group) is 1. The molecule has 1 fully saturated rings. The molecule has 0 bridgehead atoms. The number of hydrogen-bond donors (Lipinski definition) is 1. The molecule has 2 aromatic rings. The zero-order chi connectivity index (χ0) is 17.2. The van der Waals surface area contributed by atoms with Crippen molar-refractivity contribution in [2.75, 3.05) is 26.7 Å². The van der Waals surface area contributed by atoms with Crippen LogP contribution in [0, 0.1) is 6.92 Å². The van der Waals surface area contributed by atoms with Crippen LogP contribution in [0.2, 0.25) is 0 Å². The fourth-order valence-electron chi connectivity index (χ4n) is 3.46. The van der Waals surface area contributed by atoms with Gasteiger partial charge in [-0.3, -0.25) is 9.80 Å². The first-order valence-corrected chi connectivity index (χ1v) is 8.56. The highest BCUT2D eigenvalue weighted by Gasteiger charge is 2.32. The Morgan fingerprint density at radius 3 is 2.79 bits per heavy atom. The van der Waals surface area contributed by atoms with E-state index >= 15 is 0 Å². The molecule has 1 aromatic heterocycles. The lowest BCUT2D eigenvalue weighted by Crippen LogP contribution is -2.40. The van der Waals surface area contributed by atoms with Crippen molar-refractivity contribution in [3.63, 3.8) is 0 Å². The van der Waals surface area contributed by atoms with Gasteiger partial charge in [0.05, 0.1) is 18.3 Å². The van der Waals surface area contributed by atoms with Gasteiger partial charge in [-0.2, -0.15) is 0 Å². The van der Waals surface area contributed by atoms with Gasteiger partial charge in [0.2, 0.25) is 5.89 Å². The van der Waals surface area contributed by atoms with Crippen LogP contribution in [0.25, 0.3) is 0 Å². The number of likely N-dealkylation sites (tertiary alicyclic amines) is 1. The molecule has 0 aliphatic carbocycles. The molecule has 3 rings (SSSR count). The van der Waals surface area contributed by atoms with E-state index in [9.17, 15) is 5.11 Å². The number of hydrogen-bond acceptors (Lipinski definition) is 5. The zero-order valence-corrected chi connectivity index (χ0v) is 14.8. The summed E-state index contributed by atoms with van der Waals surface area (Å²) in [6.07, 6.45) is 2.86. The number of β-amino-alcohol motifs (C(OH)–C–C–N with tert-alkyl or cyclic N) is 1. The van der Waals surface area contributed by atoms with Crippen LogP contribution < -0.4 is 0 Å². The van der Waals surface area contributed by atoms with E-state index in [1.807, 2.05) is 44.2 Å². The SMILES string of the molecule is Cc1cnc(CN(C)C2CCN(CC(C)(O)c3ccccc3)C2)o1. The second-order valence-electron chi connectivity index (χ2n) is 7.10. The molecule has 1 aromatic carbocycles. The number of benzene rings is 1. The highest BCUT2D eigenvalue weighted by molar-refractivity contribution is 5.21. The topological polar surface area (TPSA) is 52.7 Å². The largest absolute Gasteiger partial charge is 0.445 e. The molecule has 2 heterocycles. The van der Waals surface area contributed by atoms with Crippen LogP contribution in [0.5, 0.6) is 0 Å². The van der Waals surface area contributed by atoms with Crippen molar-refractivity contribution in [1.82, 2.24) is 14.8 Å². The molecule has 5 nitrogen and oxygen atoms in total. The molecular formula is C19H27N3O2. The summed E-state index contributed by atoms with van der Waals surface area (Å²) in [5.74, 6) is 1.62. The molecule has 130 valence electrons. The third kappa shape index (κ3) is 4.04. The Hall–Kier alpha value is -1.69. The second-order valence-corrected chi connectivity index (χ2v) is 7.10. The highest BCUT2D eigenvalue weighted by atomic mass is 16.4. The van der Waals surface area contributed by atoms with Gasteiger partial charge in [-0.15, -0.1) is 0 Å². The van der Waals surface area contributed by atoms with Gasteiger partial charge >= 0.3 is 0 Å². The third-order valence-electron chi connectivity index (χ3n) is 4.85. The molecule has 2 atom stereocenters. The highest BCUT2D eigenvalue weighted by Crippen LogP contribution is 2.25. The molecule has 5 heteroatoms. The molecule has 2 unspecified atom stereocenters. The number of aryl methyl sites for hydroxylation is 1. The summed E-state index contributed by atoms with van der Waals surface area (Å²) >= 11 is 0. The van der Waals surface area contributed by atoms with Gasteiger partial charge in [0.15, 0.2) is 0 Å². The Labute approximate surface area is 143 Å². The van der Waals surface area contributed by atoms with Gasteiger partial charge < -0.3 is 9.52 Å². The Bertz CT molecular complexity index is 654. The normalized spacial score (nSPS) is 21.3. The van der Waals surface area contributed by atoms with E-state index in [0.717, 1.165) is 43.3 Å². The van der Waals surface area contributed by atoms with Crippen molar-refractivity contribution in [1.29, 1.82) is 0 Å². The lowest BCUT2D eigenvalue weighted by atomic mass is 9.95. The van der Waals surface area contributed by atoms with E-state index in [1.54, 1.807) is 6.20 Å². The van der Waals surface area contributed by atoms with Crippen LogP contribution in [0.4, 0.5) is 0 Å². The number of aromatic nitrogens is 1. The Morgan fingerprint density at radius 2 is 2.12 bits per heavy atom. The minimum absolute atomic E-state index is 0.462.